The highest BCUT2D eigenvalue weighted by Crippen LogP contribution is 2.59. The van der Waals surface area contributed by atoms with E-state index in [2.05, 4.69) is 481 Å². The zero-order valence-corrected chi connectivity index (χ0v) is 83.6. The molecule has 9 heterocycles. The molecule has 0 spiro atoms. The average molecular weight is 1970 g/mol. The molecule has 0 bridgehead atoms. The molecule has 0 saturated heterocycles. The number of nitrogens with zero attached hydrogens (tertiary/aromatic N) is 3. The maximum atomic E-state index is 2.59. The van der Waals surface area contributed by atoms with E-state index in [1.807, 2.05) is 68.0 Å². The zero-order chi connectivity index (χ0) is 95.6. The van der Waals surface area contributed by atoms with Gasteiger partial charge in [0.1, 0.15) is 0 Å². The maximum Gasteiger partial charge on any atom is 0.0727 e. The normalized spacial score (nSPS) is 12.4. The van der Waals surface area contributed by atoms with Crippen molar-refractivity contribution in [3.8, 4) is 39.3 Å². The van der Waals surface area contributed by atoms with Crippen LogP contribution >= 0.6 is 68.0 Å². The predicted octanol–water partition coefficient (Wildman–Crippen LogP) is 42.3. The summed E-state index contributed by atoms with van der Waals surface area (Å²) in [4.78, 5) is 0. The van der Waals surface area contributed by atoms with Crippen LogP contribution in [0.2, 0.25) is 0 Å². The van der Waals surface area contributed by atoms with Crippen LogP contribution in [-0.2, 0) is 0 Å². The summed E-state index contributed by atoms with van der Waals surface area (Å²) in [6, 6.07) is 174. The van der Waals surface area contributed by atoms with Crippen LogP contribution in [0.1, 0.15) is 0 Å². The first kappa shape index (κ1) is 82.2. The van der Waals surface area contributed by atoms with Gasteiger partial charge in [0.15, 0.2) is 0 Å². The van der Waals surface area contributed by atoms with Crippen molar-refractivity contribution in [3.05, 3.63) is 467 Å². The molecule has 9 aromatic heterocycles. The number of hydrogen-bond acceptors (Lipinski definition) is 6. The van der Waals surface area contributed by atoms with Gasteiger partial charge in [-0.3, -0.25) is 0 Å². The lowest BCUT2D eigenvalue weighted by atomic mass is 9.89. The van der Waals surface area contributed by atoms with Gasteiger partial charge < -0.3 is 13.7 Å². The van der Waals surface area contributed by atoms with E-state index in [-0.39, 0.29) is 0 Å². The first-order valence-electron chi connectivity index (χ1n) is 50.2. The van der Waals surface area contributed by atoms with Crippen molar-refractivity contribution in [2.45, 2.75) is 0 Å². The van der Waals surface area contributed by atoms with Gasteiger partial charge in [0.05, 0.1) is 57.6 Å². The third-order valence-electron chi connectivity index (χ3n) is 31.6. The second-order valence-corrected chi connectivity index (χ2v) is 45.4. The van der Waals surface area contributed by atoms with E-state index in [0.717, 1.165) is 0 Å². The quantitative estimate of drug-likeness (QED) is 0.153. The van der Waals surface area contributed by atoms with Crippen molar-refractivity contribution in [1.82, 2.24) is 13.7 Å². The first-order valence-corrected chi connectivity index (χ1v) is 55.1. The Kier molecular flexibility index (Phi) is 17.7. The molecule has 35 rings (SSSR count). The van der Waals surface area contributed by atoms with Crippen LogP contribution in [0.15, 0.2) is 467 Å². The molecule has 0 unspecified atom stereocenters. The molecule has 0 N–H and O–H groups in total. The molecule has 0 fully saturated rings. The lowest BCUT2D eigenvalue weighted by Crippen LogP contribution is -1.95. The molecule has 26 aromatic carbocycles. The average Bonchev–Trinajstić information content (AvgIpc) is 1.53. The number of aromatic nitrogens is 3. The van der Waals surface area contributed by atoms with Crippen molar-refractivity contribution in [2.75, 3.05) is 0 Å². The van der Waals surface area contributed by atoms with Crippen molar-refractivity contribution >= 4 is 351 Å². The first-order chi connectivity index (χ1) is 73.0. The molecule has 680 valence electrons. The SMILES string of the molecule is c1cc(-c2cccc3c2sc2ccccc23)cc(-n2c3ccccc3c3c4c5ccccc5c5ccccc5c4c4c5ccccc5sc4c32)c1.c1ccc2c(c1)sc1c(-n3c4ccccc4c4c5c6ccccc6c6ccccc6c5c5c6ccccc6sc5c43)cccc12.c1ccc2c(c1)sc1ccc(-c3ccc(-n4c5ccccc5c5c6c7ccccc7c7ccccc7c6c6c7ccccc7sc6c54)cc3)cc12. The van der Waals surface area contributed by atoms with Gasteiger partial charge in [-0.15, -0.1) is 68.0 Å². The Labute approximate surface area is 863 Å². The van der Waals surface area contributed by atoms with Crippen molar-refractivity contribution < 1.29 is 0 Å². The highest BCUT2D eigenvalue weighted by molar-refractivity contribution is 7.29. The van der Waals surface area contributed by atoms with Crippen LogP contribution in [0.4, 0.5) is 0 Å². The van der Waals surface area contributed by atoms with Gasteiger partial charge in [-0.1, -0.05) is 370 Å². The fourth-order valence-corrected chi connectivity index (χ4v) is 33.0. The number of hydrogen-bond donors (Lipinski definition) is 0. The Bertz CT molecular complexity index is 12000. The molecule has 0 aliphatic rings. The predicted molar refractivity (Wildman–Crippen MR) is 648 cm³/mol. The van der Waals surface area contributed by atoms with Crippen LogP contribution < -0.4 is 0 Å². The monoisotopic (exact) mass is 1970 g/mol. The van der Waals surface area contributed by atoms with Gasteiger partial charge in [-0.25, -0.2) is 0 Å². The van der Waals surface area contributed by atoms with E-state index in [1.165, 1.54) is 323 Å². The number of para-hydroxylation sites is 3. The summed E-state index contributed by atoms with van der Waals surface area (Å²) in [7, 11) is 0. The van der Waals surface area contributed by atoms with Crippen molar-refractivity contribution in [3.63, 3.8) is 0 Å². The standard InChI is InChI=1S/2C48H27NS2.C42H23NS2/c1-3-18-34-31(15-1)32-16-2-4-19-35(32)43-42(34)44-37-20-5-8-24-39(37)49(46(44)48-45(43)38-21-7-10-26-41(38)51-48)29-14-11-13-28(27-29)30-22-12-23-36-33-17-6-9-25-40(33)50-47(30)36;1-3-14-34-31(11-1)32-12-2-4-15-35(32)44-43(34)45-36-16-5-8-18-39(36)49(47(45)48-46(44)37-17-7-10-20-41(37)51-48)30-24-21-28(22-25-30)29-23-26-42-38(27-29)33-13-6-9-19-40(33)50-42;1-3-15-27-24(12-1)25-13-2-4-16-28(25)37-36(27)38-30-17-5-8-20-32(30)43(40(38)42-39(37)31-18-7-10-23-35(31)45-42)33-21-11-19-29-26-14-6-9-22-34(26)44-41(29)33/h2*1-27H;1-23H. The third kappa shape index (κ3) is 11.7. The molecule has 35 aromatic rings. The second-order valence-electron chi connectivity index (χ2n) is 39.1. The van der Waals surface area contributed by atoms with Crippen LogP contribution in [0.3, 0.4) is 0 Å². The topological polar surface area (TPSA) is 14.8 Å². The van der Waals surface area contributed by atoms with Gasteiger partial charge in [-0.05, 0) is 184 Å². The molecule has 0 radical (unpaired) electrons. The number of benzene rings is 26. The van der Waals surface area contributed by atoms with E-state index in [9.17, 15) is 0 Å². The molecule has 9 heteroatoms. The second kappa shape index (κ2) is 31.6. The molecule has 0 atom stereocenters. The molecular weight excluding hydrogens is 1890 g/mol. The molecule has 0 saturated carbocycles. The molecule has 3 nitrogen and oxygen atoms in total. The fraction of sp³-hybridized carbons (Fsp3) is 0. The fourth-order valence-electron chi connectivity index (χ4n) is 25.7. The Hall–Kier alpha value is -17.2. The summed E-state index contributed by atoms with van der Waals surface area (Å²) < 4.78 is 23.7. The number of fused-ring (bicyclic) bond motifs is 54. The van der Waals surface area contributed by atoms with Gasteiger partial charge in [0, 0.05) is 178 Å². The maximum absolute atomic E-state index is 2.59. The van der Waals surface area contributed by atoms with Gasteiger partial charge in [0.2, 0.25) is 0 Å². The summed E-state index contributed by atoms with van der Waals surface area (Å²) in [5.74, 6) is 0. The Morgan fingerprint density at radius 2 is 0.408 bits per heavy atom. The minimum atomic E-state index is 1.18. The van der Waals surface area contributed by atoms with E-state index >= 15 is 0 Å². The van der Waals surface area contributed by atoms with Gasteiger partial charge in [0.25, 0.3) is 0 Å². The van der Waals surface area contributed by atoms with E-state index in [4.69, 9.17) is 0 Å². The minimum Gasteiger partial charge on any atom is -0.308 e. The summed E-state index contributed by atoms with van der Waals surface area (Å²) in [5, 5.41) is 47.8. The largest absolute Gasteiger partial charge is 0.308 e. The van der Waals surface area contributed by atoms with Crippen molar-refractivity contribution in [2.24, 2.45) is 0 Å². The van der Waals surface area contributed by atoms with E-state index in [0.29, 0.717) is 0 Å². The lowest BCUT2D eigenvalue weighted by Gasteiger charge is -2.15. The van der Waals surface area contributed by atoms with Gasteiger partial charge >= 0.3 is 0 Å². The van der Waals surface area contributed by atoms with Crippen LogP contribution in [-0.4, -0.2) is 13.7 Å². The molecule has 0 aliphatic carbocycles. The van der Waals surface area contributed by atoms with E-state index in [1.54, 1.807) is 0 Å². The van der Waals surface area contributed by atoms with Crippen LogP contribution in [0, 0.1) is 0 Å². The lowest BCUT2D eigenvalue weighted by molar-refractivity contribution is 1.19. The Morgan fingerprint density at radius 3 is 0.830 bits per heavy atom. The molecular formula is C138H77N3S6. The smallest absolute Gasteiger partial charge is 0.0727 e. The summed E-state index contributed by atoms with van der Waals surface area (Å²) in [5.41, 5.74) is 16.2. The van der Waals surface area contributed by atoms with E-state index < -0.39 is 0 Å². The van der Waals surface area contributed by atoms with Crippen LogP contribution in [0.5, 0.6) is 0 Å². The molecule has 147 heavy (non-hydrogen) atoms. The summed E-state index contributed by atoms with van der Waals surface area (Å²) >= 11 is 11.5. The Balaban J connectivity index is 0.0000000964. The summed E-state index contributed by atoms with van der Waals surface area (Å²) in [6.45, 7) is 0. The molecule has 0 aliphatic heterocycles. The highest BCUT2D eigenvalue weighted by atomic mass is 32.1. The minimum absolute atomic E-state index is 1.18. The van der Waals surface area contributed by atoms with Crippen molar-refractivity contribution in [1.29, 1.82) is 0 Å². The third-order valence-corrected chi connectivity index (χ3v) is 38.7. The highest BCUT2D eigenvalue weighted by Gasteiger charge is 2.32. The zero-order valence-electron chi connectivity index (χ0n) is 78.7. The molecule has 0 amide bonds. The Morgan fingerprint density at radius 1 is 0.129 bits per heavy atom. The summed E-state index contributed by atoms with van der Waals surface area (Å²) in [6.07, 6.45) is 0. The van der Waals surface area contributed by atoms with Crippen LogP contribution in [0.25, 0.3) is 323 Å². The number of thiophene rings is 6. The van der Waals surface area contributed by atoms with Gasteiger partial charge in [-0.2, -0.15) is 0 Å². The number of rotatable bonds is 5.